The van der Waals surface area contributed by atoms with Crippen LogP contribution in [0.1, 0.15) is 13.3 Å². The van der Waals surface area contributed by atoms with Crippen molar-refractivity contribution in [1.82, 2.24) is 4.90 Å². The Morgan fingerprint density at radius 3 is 2.70 bits per heavy atom. The van der Waals surface area contributed by atoms with Gasteiger partial charge in [0.15, 0.2) is 0 Å². The van der Waals surface area contributed by atoms with E-state index in [9.17, 15) is 14.4 Å². The number of nitrogens with zero attached hydrogens (tertiary/aromatic N) is 2. The van der Waals surface area contributed by atoms with E-state index < -0.39 is 0 Å². The summed E-state index contributed by atoms with van der Waals surface area (Å²) in [5.41, 5.74) is 1.65. The molecular weight excluding hydrogens is 427 g/mol. The molecule has 3 amide bonds. The van der Waals surface area contributed by atoms with Crippen molar-refractivity contribution in [2.45, 2.75) is 19.4 Å². The summed E-state index contributed by atoms with van der Waals surface area (Å²) in [5, 5.41) is 6.35. The van der Waals surface area contributed by atoms with E-state index >= 15 is 0 Å². The van der Waals surface area contributed by atoms with Crippen molar-refractivity contribution >= 4 is 58.0 Å². The van der Waals surface area contributed by atoms with Gasteiger partial charge >= 0.3 is 0 Å². The Balaban J connectivity index is 1.67. The number of carbonyl (C=O) groups excluding carboxylic acids is 3. The Bertz CT molecular complexity index is 982. The molecule has 0 bridgehead atoms. The molecule has 30 heavy (non-hydrogen) atoms. The van der Waals surface area contributed by atoms with Gasteiger partial charge in [0.25, 0.3) is 0 Å². The third kappa shape index (κ3) is 5.30. The number of carbonyl (C=O) groups is 3. The Morgan fingerprint density at radius 1 is 1.20 bits per heavy atom. The third-order valence-corrected chi connectivity index (χ3v) is 5.21. The summed E-state index contributed by atoms with van der Waals surface area (Å²) in [7, 11) is 1.68. The van der Waals surface area contributed by atoms with Crippen LogP contribution in [0, 0.1) is 0 Å². The smallest absolute Gasteiger partial charge is 0.241 e. The van der Waals surface area contributed by atoms with Gasteiger partial charge in [-0.1, -0.05) is 35.3 Å². The molecule has 3 rings (SSSR count). The highest BCUT2D eigenvalue weighted by molar-refractivity contribution is 6.35. The molecule has 2 N–H and O–H groups in total. The third-order valence-electron chi connectivity index (χ3n) is 4.65. The first-order chi connectivity index (χ1) is 14.2. The number of hydrogen-bond donors (Lipinski definition) is 2. The molecule has 0 saturated carbocycles. The fraction of sp³-hybridized carbons (Fsp3) is 0.286. The number of para-hydroxylation sites is 2. The molecule has 2 aromatic rings. The monoisotopic (exact) mass is 448 g/mol. The lowest BCUT2D eigenvalue weighted by atomic mass is 10.1. The van der Waals surface area contributed by atoms with Crippen molar-refractivity contribution in [1.29, 1.82) is 0 Å². The van der Waals surface area contributed by atoms with Crippen LogP contribution in [0.25, 0.3) is 0 Å². The van der Waals surface area contributed by atoms with Crippen LogP contribution in [-0.2, 0) is 14.4 Å². The number of likely N-dealkylation sites (N-methyl/N-ethyl adjacent to an activating group) is 1. The van der Waals surface area contributed by atoms with Crippen molar-refractivity contribution in [2.75, 3.05) is 35.7 Å². The minimum atomic E-state index is -0.323. The number of fused-ring (bicyclic) bond motifs is 1. The van der Waals surface area contributed by atoms with Gasteiger partial charge in [0.2, 0.25) is 17.7 Å². The number of rotatable bonds is 5. The Labute approximate surface area is 184 Å². The first kappa shape index (κ1) is 22.1. The standard InChI is InChI=1S/C21H22Cl2N4O3/c1-13-9-19(28)24-16-5-3-4-6-18(16)27(13)21(30)12-26(2)11-20(29)25-17-10-14(22)7-8-15(17)23/h3-8,10,13H,9,11-12H2,1-2H3,(H,24,28)(H,25,29)/t13-/m1/s1. The van der Waals surface area contributed by atoms with Gasteiger partial charge < -0.3 is 15.5 Å². The van der Waals surface area contributed by atoms with Gasteiger partial charge in [0, 0.05) is 17.5 Å². The Morgan fingerprint density at radius 2 is 1.93 bits per heavy atom. The van der Waals surface area contributed by atoms with Crippen LogP contribution < -0.4 is 15.5 Å². The SMILES string of the molecule is C[C@@H]1CC(=O)Nc2ccccc2N1C(=O)CN(C)CC(=O)Nc1cc(Cl)ccc1Cl. The average Bonchev–Trinajstić information content (AvgIpc) is 2.78. The summed E-state index contributed by atoms with van der Waals surface area (Å²) < 4.78 is 0. The van der Waals surface area contributed by atoms with E-state index in [1.54, 1.807) is 53.2 Å². The zero-order valence-electron chi connectivity index (χ0n) is 16.6. The molecule has 0 spiro atoms. The molecule has 2 aromatic carbocycles. The Hall–Kier alpha value is -2.61. The van der Waals surface area contributed by atoms with Crippen LogP contribution in [0.3, 0.4) is 0 Å². The topological polar surface area (TPSA) is 81.8 Å². The summed E-state index contributed by atoms with van der Waals surface area (Å²) >= 11 is 12.0. The zero-order chi connectivity index (χ0) is 21.8. The van der Waals surface area contributed by atoms with E-state index in [1.165, 1.54) is 0 Å². The van der Waals surface area contributed by atoms with E-state index in [-0.39, 0.29) is 43.3 Å². The van der Waals surface area contributed by atoms with Crippen molar-refractivity contribution in [3.63, 3.8) is 0 Å². The molecule has 0 aromatic heterocycles. The van der Waals surface area contributed by atoms with Crippen LogP contribution in [0.2, 0.25) is 10.0 Å². The number of anilines is 3. The molecule has 1 atom stereocenters. The second-order valence-electron chi connectivity index (χ2n) is 7.23. The van der Waals surface area contributed by atoms with Crippen molar-refractivity contribution in [3.8, 4) is 0 Å². The normalized spacial score (nSPS) is 16.0. The van der Waals surface area contributed by atoms with Gasteiger partial charge in [-0.15, -0.1) is 0 Å². The second-order valence-corrected chi connectivity index (χ2v) is 8.07. The molecule has 0 saturated heterocycles. The summed E-state index contributed by atoms with van der Waals surface area (Å²) in [6.07, 6.45) is 0.192. The highest BCUT2D eigenvalue weighted by atomic mass is 35.5. The maximum atomic E-state index is 13.1. The molecule has 1 aliphatic heterocycles. The second kappa shape index (κ2) is 9.47. The maximum absolute atomic E-state index is 13.1. The number of amides is 3. The highest BCUT2D eigenvalue weighted by Gasteiger charge is 2.30. The largest absolute Gasteiger partial charge is 0.324 e. The van der Waals surface area contributed by atoms with Gasteiger partial charge in [-0.2, -0.15) is 0 Å². The number of hydrogen-bond acceptors (Lipinski definition) is 4. The molecule has 158 valence electrons. The van der Waals surface area contributed by atoms with Crippen LogP contribution in [-0.4, -0.2) is 48.8 Å². The van der Waals surface area contributed by atoms with Gasteiger partial charge in [-0.3, -0.25) is 19.3 Å². The lowest BCUT2D eigenvalue weighted by Crippen LogP contribution is -2.45. The van der Waals surface area contributed by atoms with Crippen molar-refractivity contribution in [3.05, 3.63) is 52.5 Å². The highest BCUT2D eigenvalue weighted by Crippen LogP contribution is 2.31. The van der Waals surface area contributed by atoms with Crippen molar-refractivity contribution in [2.24, 2.45) is 0 Å². The summed E-state index contributed by atoms with van der Waals surface area (Å²) in [6, 6.07) is 11.6. The van der Waals surface area contributed by atoms with Crippen LogP contribution in [0.4, 0.5) is 17.1 Å². The lowest BCUT2D eigenvalue weighted by molar-refractivity contribution is -0.121. The zero-order valence-corrected chi connectivity index (χ0v) is 18.1. The molecule has 0 fully saturated rings. The number of nitrogens with one attached hydrogen (secondary N) is 2. The minimum Gasteiger partial charge on any atom is -0.324 e. The van der Waals surface area contributed by atoms with Crippen LogP contribution in [0.15, 0.2) is 42.5 Å². The predicted octanol–water partition coefficient (Wildman–Crippen LogP) is 3.63. The lowest BCUT2D eigenvalue weighted by Gasteiger charge is -2.29. The molecule has 7 nitrogen and oxygen atoms in total. The molecule has 1 aliphatic rings. The van der Waals surface area contributed by atoms with E-state index in [2.05, 4.69) is 10.6 Å². The van der Waals surface area contributed by atoms with Gasteiger partial charge in [-0.05, 0) is 44.3 Å². The van der Waals surface area contributed by atoms with Gasteiger partial charge in [0.05, 0.1) is 35.2 Å². The molecular formula is C21H22Cl2N4O3. The first-order valence-corrected chi connectivity index (χ1v) is 10.1. The number of halogens is 2. The molecule has 0 aliphatic carbocycles. The van der Waals surface area contributed by atoms with E-state index in [0.717, 1.165) is 0 Å². The first-order valence-electron chi connectivity index (χ1n) is 9.39. The van der Waals surface area contributed by atoms with Crippen LogP contribution >= 0.6 is 23.2 Å². The van der Waals surface area contributed by atoms with Crippen molar-refractivity contribution < 1.29 is 14.4 Å². The summed E-state index contributed by atoms with van der Waals surface area (Å²) in [4.78, 5) is 40.7. The predicted molar refractivity (Wildman–Crippen MR) is 119 cm³/mol. The van der Waals surface area contributed by atoms with Gasteiger partial charge in [-0.25, -0.2) is 0 Å². The summed E-state index contributed by atoms with van der Waals surface area (Å²) in [5.74, 6) is -0.672. The minimum absolute atomic E-state index is 0.00353. The van der Waals surface area contributed by atoms with Crippen LogP contribution in [0.5, 0.6) is 0 Å². The number of benzene rings is 2. The molecule has 1 heterocycles. The van der Waals surface area contributed by atoms with E-state index in [4.69, 9.17) is 23.2 Å². The van der Waals surface area contributed by atoms with E-state index in [1.807, 2.05) is 13.0 Å². The molecule has 0 radical (unpaired) electrons. The van der Waals surface area contributed by atoms with Gasteiger partial charge in [0.1, 0.15) is 0 Å². The maximum Gasteiger partial charge on any atom is 0.241 e. The quantitative estimate of drug-likeness (QED) is 0.731. The fourth-order valence-electron chi connectivity index (χ4n) is 3.36. The molecule has 0 unspecified atom stereocenters. The Kier molecular flexibility index (Phi) is 6.97. The fourth-order valence-corrected chi connectivity index (χ4v) is 3.70. The molecule has 9 heteroatoms. The van der Waals surface area contributed by atoms with E-state index in [0.29, 0.717) is 27.1 Å². The average molecular weight is 449 g/mol. The summed E-state index contributed by atoms with van der Waals surface area (Å²) in [6.45, 7) is 1.81.